The number of halogens is 1. The molecule has 2 aliphatic heterocycles. The molecule has 3 heterocycles. The van der Waals surface area contributed by atoms with Crippen molar-refractivity contribution in [3.05, 3.63) is 51.8 Å². The van der Waals surface area contributed by atoms with Gasteiger partial charge < -0.3 is 14.7 Å². The van der Waals surface area contributed by atoms with Gasteiger partial charge >= 0.3 is 0 Å². The van der Waals surface area contributed by atoms with Crippen molar-refractivity contribution in [2.24, 2.45) is 0 Å². The Bertz CT molecular complexity index is 904. The summed E-state index contributed by atoms with van der Waals surface area (Å²) in [7, 11) is 0. The zero-order valence-electron chi connectivity index (χ0n) is 16.7. The van der Waals surface area contributed by atoms with Crippen molar-refractivity contribution >= 4 is 23.4 Å². The molecule has 2 aromatic rings. The molecule has 1 N–H and O–H groups in total. The van der Waals surface area contributed by atoms with Crippen LogP contribution in [-0.4, -0.2) is 76.0 Å². The predicted octanol–water partition coefficient (Wildman–Crippen LogP) is 1.97. The average Bonchev–Trinajstić information content (AvgIpc) is 3.16. The number of piperazine rings is 1. The van der Waals surface area contributed by atoms with Crippen LogP contribution in [0.15, 0.2) is 24.3 Å². The average molecular weight is 416 g/mol. The molecule has 154 valence electrons. The third-order valence-corrected chi connectivity index (χ3v) is 6.07. The number of hydrogen-bond donors (Lipinski definition) is 1. The SMILES string of the molecule is CCN1CCN(C(=O)c2n[nH]c3c2CN(C(=O)Cc2cccc(Cl)c2)CC3)CC1. The first-order chi connectivity index (χ1) is 14.0. The van der Waals surface area contributed by atoms with Crippen LogP contribution in [0.2, 0.25) is 5.02 Å². The maximum Gasteiger partial charge on any atom is 0.274 e. The summed E-state index contributed by atoms with van der Waals surface area (Å²) in [4.78, 5) is 31.9. The van der Waals surface area contributed by atoms with E-state index in [4.69, 9.17) is 11.6 Å². The Morgan fingerprint density at radius 3 is 2.66 bits per heavy atom. The van der Waals surface area contributed by atoms with E-state index in [0.29, 0.717) is 49.7 Å². The molecule has 1 saturated heterocycles. The van der Waals surface area contributed by atoms with E-state index in [1.54, 1.807) is 6.07 Å². The van der Waals surface area contributed by atoms with Gasteiger partial charge in [0.1, 0.15) is 0 Å². The highest BCUT2D eigenvalue weighted by Crippen LogP contribution is 2.23. The summed E-state index contributed by atoms with van der Waals surface area (Å²) in [5.41, 5.74) is 3.18. The second kappa shape index (κ2) is 8.55. The second-order valence-corrected chi connectivity index (χ2v) is 8.06. The first-order valence-corrected chi connectivity index (χ1v) is 10.5. The van der Waals surface area contributed by atoms with E-state index < -0.39 is 0 Å². The third-order valence-electron chi connectivity index (χ3n) is 5.84. The third kappa shape index (κ3) is 4.31. The van der Waals surface area contributed by atoms with Crippen molar-refractivity contribution in [3.63, 3.8) is 0 Å². The van der Waals surface area contributed by atoms with E-state index in [-0.39, 0.29) is 11.8 Å². The minimum Gasteiger partial charge on any atom is -0.338 e. The second-order valence-electron chi connectivity index (χ2n) is 7.63. The molecule has 1 fully saturated rings. The maximum atomic E-state index is 13.0. The molecule has 8 heteroatoms. The lowest BCUT2D eigenvalue weighted by atomic mass is 10.0. The topological polar surface area (TPSA) is 72.5 Å². The molecular formula is C21H26ClN5O2. The molecule has 29 heavy (non-hydrogen) atoms. The molecule has 1 aromatic carbocycles. The lowest BCUT2D eigenvalue weighted by Gasteiger charge is -2.34. The molecule has 0 spiro atoms. The minimum absolute atomic E-state index is 0.0362. The first-order valence-electron chi connectivity index (χ1n) is 10.1. The Morgan fingerprint density at radius 1 is 1.14 bits per heavy atom. The van der Waals surface area contributed by atoms with Crippen LogP contribution in [-0.2, 0) is 24.2 Å². The number of nitrogens with one attached hydrogen (secondary N) is 1. The monoisotopic (exact) mass is 415 g/mol. The number of benzene rings is 1. The molecule has 0 radical (unpaired) electrons. The number of likely N-dealkylation sites (N-methyl/N-ethyl adjacent to an activating group) is 1. The highest BCUT2D eigenvalue weighted by molar-refractivity contribution is 6.30. The summed E-state index contributed by atoms with van der Waals surface area (Å²) in [5.74, 6) is -0.00327. The fourth-order valence-electron chi connectivity index (χ4n) is 4.04. The number of aromatic nitrogens is 2. The number of fused-ring (bicyclic) bond motifs is 1. The number of amides is 2. The highest BCUT2D eigenvalue weighted by atomic mass is 35.5. The van der Waals surface area contributed by atoms with Crippen LogP contribution in [0.25, 0.3) is 0 Å². The van der Waals surface area contributed by atoms with Crippen molar-refractivity contribution < 1.29 is 9.59 Å². The van der Waals surface area contributed by atoms with Crippen molar-refractivity contribution in [2.45, 2.75) is 26.3 Å². The fourth-order valence-corrected chi connectivity index (χ4v) is 4.25. The summed E-state index contributed by atoms with van der Waals surface area (Å²) in [6, 6.07) is 7.37. The van der Waals surface area contributed by atoms with Gasteiger partial charge in [-0.1, -0.05) is 30.7 Å². The van der Waals surface area contributed by atoms with Crippen LogP contribution in [0.4, 0.5) is 0 Å². The molecule has 0 bridgehead atoms. The van der Waals surface area contributed by atoms with Gasteiger partial charge in [0.15, 0.2) is 5.69 Å². The fraction of sp³-hybridized carbons (Fsp3) is 0.476. The molecule has 4 rings (SSSR count). The van der Waals surface area contributed by atoms with Gasteiger partial charge in [0.2, 0.25) is 5.91 Å². The van der Waals surface area contributed by atoms with Gasteiger partial charge in [-0.05, 0) is 24.2 Å². The summed E-state index contributed by atoms with van der Waals surface area (Å²) >= 11 is 6.03. The number of nitrogens with zero attached hydrogens (tertiary/aromatic N) is 4. The number of hydrogen-bond acceptors (Lipinski definition) is 4. The van der Waals surface area contributed by atoms with Crippen LogP contribution < -0.4 is 0 Å². The van der Waals surface area contributed by atoms with Crippen molar-refractivity contribution in [2.75, 3.05) is 39.3 Å². The standard InChI is InChI=1S/C21H26ClN5O2/c1-2-25-8-10-26(11-9-25)21(29)20-17-14-27(7-6-18(17)23-24-20)19(28)13-15-4-3-5-16(22)12-15/h3-5,12H,2,6-11,13-14H2,1H3,(H,23,24). The smallest absolute Gasteiger partial charge is 0.274 e. The Hall–Kier alpha value is -2.38. The molecule has 0 atom stereocenters. The molecule has 0 saturated carbocycles. The summed E-state index contributed by atoms with van der Waals surface area (Å²) < 4.78 is 0. The van der Waals surface area contributed by atoms with Gasteiger partial charge in [-0.15, -0.1) is 0 Å². The number of rotatable bonds is 4. The van der Waals surface area contributed by atoms with Crippen LogP contribution in [0, 0.1) is 0 Å². The number of aromatic amines is 1. The molecule has 0 unspecified atom stereocenters. The van der Waals surface area contributed by atoms with Gasteiger partial charge in [-0.3, -0.25) is 14.7 Å². The Kier molecular flexibility index (Phi) is 5.87. The van der Waals surface area contributed by atoms with Crippen molar-refractivity contribution in [1.29, 1.82) is 0 Å². The van der Waals surface area contributed by atoms with E-state index in [1.807, 2.05) is 28.0 Å². The maximum absolute atomic E-state index is 13.0. The van der Waals surface area contributed by atoms with Crippen molar-refractivity contribution in [1.82, 2.24) is 24.9 Å². The zero-order chi connectivity index (χ0) is 20.4. The largest absolute Gasteiger partial charge is 0.338 e. The van der Waals surface area contributed by atoms with E-state index in [0.717, 1.165) is 36.5 Å². The number of carbonyl (C=O) groups excluding carboxylic acids is 2. The molecule has 2 amide bonds. The molecule has 2 aliphatic rings. The first kappa shape index (κ1) is 19.9. The van der Waals surface area contributed by atoms with Crippen LogP contribution in [0.3, 0.4) is 0 Å². The van der Waals surface area contributed by atoms with E-state index in [1.165, 1.54) is 0 Å². The molecular weight excluding hydrogens is 390 g/mol. The van der Waals surface area contributed by atoms with Gasteiger partial charge in [0, 0.05) is 62.0 Å². The van der Waals surface area contributed by atoms with Crippen molar-refractivity contribution in [3.8, 4) is 0 Å². The summed E-state index contributed by atoms with van der Waals surface area (Å²) in [6.45, 7) is 7.38. The number of carbonyl (C=O) groups is 2. The lowest BCUT2D eigenvalue weighted by Crippen LogP contribution is -2.48. The van der Waals surface area contributed by atoms with Crippen LogP contribution in [0.5, 0.6) is 0 Å². The molecule has 1 aromatic heterocycles. The van der Waals surface area contributed by atoms with Gasteiger partial charge in [-0.25, -0.2) is 0 Å². The Morgan fingerprint density at radius 2 is 1.93 bits per heavy atom. The van der Waals surface area contributed by atoms with Gasteiger partial charge in [0.25, 0.3) is 5.91 Å². The van der Waals surface area contributed by atoms with Crippen LogP contribution in [0.1, 0.15) is 34.2 Å². The van der Waals surface area contributed by atoms with Gasteiger partial charge in [-0.2, -0.15) is 5.10 Å². The molecule has 0 aliphatic carbocycles. The quantitative estimate of drug-likeness (QED) is 0.828. The van der Waals surface area contributed by atoms with E-state index >= 15 is 0 Å². The Balaban J connectivity index is 1.44. The predicted molar refractivity (Wildman–Crippen MR) is 111 cm³/mol. The normalized spacial score (nSPS) is 17.3. The minimum atomic E-state index is -0.0395. The van der Waals surface area contributed by atoms with Crippen LogP contribution >= 0.6 is 11.6 Å². The number of H-pyrrole nitrogens is 1. The van der Waals surface area contributed by atoms with Gasteiger partial charge in [0.05, 0.1) is 6.42 Å². The lowest BCUT2D eigenvalue weighted by molar-refractivity contribution is -0.131. The highest BCUT2D eigenvalue weighted by Gasteiger charge is 2.31. The summed E-state index contributed by atoms with van der Waals surface area (Å²) in [6.07, 6.45) is 0.983. The van der Waals surface area contributed by atoms with E-state index in [2.05, 4.69) is 22.0 Å². The Labute approximate surface area is 175 Å². The summed E-state index contributed by atoms with van der Waals surface area (Å²) in [5, 5.41) is 7.96. The zero-order valence-corrected chi connectivity index (χ0v) is 17.4. The van der Waals surface area contributed by atoms with E-state index in [9.17, 15) is 9.59 Å². The molecule has 7 nitrogen and oxygen atoms in total.